The van der Waals surface area contributed by atoms with E-state index in [9.17, 15) is 0 Å². The highest BCUT2D eigenvalue weighted by Gasteiger charge is 2.42. The van der Waals surface area contributed by atoms with Crippen LogP contribution in [0.15, 0.2) is 48.5 Å². The second-order valence-electron chi connectivity index (χ2n) is 10.2. The van der Waals surface area contributed by atoms with Crippen molar-refractivity contribution in [3.05, 3.63) is 70.8 Å². The van der Waals surface area contributed by atoms with E-state index in [0.717, 1.165) is 68.2 Å². The Hall–Kier alpha value is -1.74. The van der Waals surface area contributed by atoms with Gasteiger partial charge in [-0.25, -0.2) is 8.78 Å². The Labute approximate surface area is 193 Å². The third-order valence-electron chi connectivity index (χ3n) is 8.03. The highest BCUT2D eigenvalue weighted by molar-refractivity contribution is 5.43. The summed E-state index contributed by atoms with van der Waals surface area (Å²) in [6.07, 6.45) is 8.73. The van der Waals surface area contributed by atoms with Crippen LogP contribution in [-0.2, 0) is 24.3 Å². The first-order valence-corrected chi connectivity index (χ1v) is 12.7. The zero-order chi connectivity index (χ0) is 22.6. The number of halogens is 2. The molecular weight excluding hydrogens is 400 g/mol. The molecule has 2 fully saturated rings. The van der Waals surface area contributed by atoms with E-state index in [4.69, 9.17) is 0 Å². The van der Waals surface area contributed by atoms with Gasteiger partial charge in [0.1, 0.15) is 11.3 Å². The summed E-state index contributed by atoms with van der Waals surface area (Å²) < 4.78 is 32.0. The molecule has 1 nitrogen and oxygen atoms in total. The van der Waals surface area contributed by atoms with Gasteiger partial charge in [0.05, 0.1) is 0 Å². The quantitative estimate of drug-likeness (QED) is 0.382. The standard InChI is InChI=1S/C29H39F2N/c1-3-24(32(2)22-23-12-5-4-6-13-23)16-17-25-26(28(30)18-7-8-19-28)14-11-15-27(25)29(31)20-9-10-21-29/h4-6,11-15,24H,3,7-10,16-22H2,1-2H3. The Morgan fingerprint density at radius 1 is 0.812 bits per heavy atom. The van der Waals surface area contributed by atoms with E-state index >= 15 is 8.78 Å². The molecule has 0 aromatic heterocycles. The first-order chi connectivity index (χ1) is 15.5. The van der Waals surface area contributed by atoms with Crippen molar-refractivity contribution in [1.82, 2.24) is 4.90 Å². The molecule has 3 heteroatoms. The average Bonchev–Trinajstić information content (AvgIpc) is 3.44. The van der Waals surface area contributed by atoms with Gasteiger partial charge in [-0.15, -0.1) is 0 Å². The van der Waals surface area contributed by atoms with Gasteiger partial charge in [-0.2, -0.15) is 0 Å². The third kappa shape index (κ3) is 4.93. The van der Waals surface area contributed by atoms with Crippen LogP contribution in [0.4, 0.5) is 8.78 Å². The zero-order valence-electron chi connectivity index (χ0n) is 19.9. The van der Waals surface area contributed by atoms with Crippen LogP contribution in [0.5, 0.6) is 0 Å². The van der Waals surface area contributed by atoms with Crippen LogP contribution < -0.4 is 0 Å². The number of nitrogens with zero attached hydrogens (tertiary/aromatic N) is 1. The largest absolute Gasteiger partial charge is 0.299 e. The van der Waals surface area contributed by atoms with Crippen molar-refractivity contribution in [3.63, 3.8) is 0 Å². The van der Waals surface area contributed by atoms with Crippen LogP contribution in [-0.4, -0.2) is 18.0 Å². The third-order valence-corrected chi connectivity index (χ3v) is 8.03. The molecular formula is C29H39F2N. The molecule has 2 aliphatic rings. The first-order valence-electron chi connectivity index (χ1n) is 12.7. The van der Waals surface area contributed by atoms with Gasteiger partial charge in [0.15, 0.2) is 0 Å². The summed E-state index contributed by atoms with van der Waals surface area (Å²) in [5.74, 6) is 0. The first kappa shape index (κ1) is 23.4. The number of alkyl halides is 2. The molecule has 0 bridgehead atoms. The van der Waals surface area contributed by atoms with Gasteiger partial charge in [-0.05, 0) is 99.9 Å². The number of hydrogen-bond donors (Lipinski definition) is 0. The topological polar surface area (TPSA) is 3.24 Å². The number of benzene rings is 2. The van der Waals surface area contributed by atoms with Crippen molar-refractivity contribution < 1.29 is 8.78 Å². The van der Waals surface area contributed by atoms with E-state index in [1.54, 1.807) is 0 Å². The van der Waals surface area contributed by atoms with E-state index in [0.29, 0.717) is 31.7 Å². The summed E-state index contributed by atoms with van der Waals surface area (Å²) >= 11 is 0. The van der Waals surface area contributed by atoms with E-state index in [1.165, 1.54) is 5.56 Å². The molecule has 2 aromatic carbocycles. The van der Waals surface area contributed by atoms with Crippen LogP contribution in [0.25, 0.3) is 0 Å². The van der Waals surface area contributed by atoms with E-state index < -0.39 is 11.3 Å². The average molecular weight is 440 g/mol. The molecule has 4 rings (SSSR count). The van der Waals surface area contributed by atoms with Gasteiger partial charge in [-0.1, -0.05) is 55.5 Å². The second-order valence-corrected chi connectivity index (χ2v) is 10.2. The summed E-state index contributed by atoms with van der Waals surface area (Å²) in [5.41, 5.74) is 1.30. The molecule has 2 aromatic rings. The van der Waals surface area contributed by atoms with Crippen molar-refractivity contribution >= 4 is 0 Å². The Balaban J connectivity index is 1.59. The maximum Gasteiger partial charge on any atom is 0.136 e. The lowest BCUT2D eigenvalue weighted by Gasteiger charge is -2.32. The minimum atomic E-state index is -1.28. The van der Waals surface area contributed by atoms with Crippen molar-refractivity contribution in [2.24, 2.45) is 0 Å². The van der Waals surface area contributed by atoms with Gasteiger partial charge in [0.2, 0.25) is 0 Å². The van der Waals surface area contributed by atoms with Crippen molar-refractivity contribution in [2.45, 2.75) is 101 Å². The molecule has 0 amide bonds. The molecule has 2 saturated carbocycles. The van der Waals surface area contributed by atoms with Crippen LogP contribution >= 0.6 is 0 Å². The van der Waals surface area contributed by atoms with Gasteiger partial charge >= 0.3 is 0 Å². The predicted molar refractivity (Wildman–Crippen MR) is 129 cm³/mol. The summed E-state index contributed by atoms with van der Waals surface area (Å²) in [4.78, 5) is 2.40. The lowest BCUT2D eigenvalue weighted by molar-refractivity contribution is 0.161. The Bertz CT molecular complexity index is 826. The van der Waals surface area contributed by atoms with Crippen molar-refractivity contribution in [3.8, 4) is 0 Å². The molecule has 0 saturated heterocycles. The Morgan fingerprint density at radius 3 is 1.84 bits per heavy atom. The highest BCUT2D eigenvalue weighted by Crippen LogP contribution is 2.49. The van der Waals surface area contributed by atoms with Crippen LogP contribution in [0.3, 0.4) is 0 Å². The van der Waals surface area contributed by atoms with E-state index in [-0.39, 0.29) is 0 Å². The molecule has 0 N–H and O–H groups in total. The maximum absolute atomic E-state index is 16.0. The maximum atomic E-state index is 16.0. The molecule has 1 unspecified atom stereocenters. The minimum absolute atomic E-state index is 0.384. The zero-order valence-corrected chi connectivity index (χ0v) is 19.9. The molecule has 32 heavy (non-hydrogen) atoms. The van der Waals surface area contributed by atoms with E-state index in [1.807, 2.05) is 24.3 Å². The smallest absolute Gasteiger partial charge is 0.136 e. The van der Waals surface area contributed by atoms with Crippen molar-refractivity contribution in [1.29, 1.82) is 0 Å². The summed E-state index contributed by atoms with van der Waals surface area (Å²) in [7, 11) is 2.18. The van der Waals surface area contributed by atoms with E-state index in [2.05, 4.69) is 43.1 Å². The van der Waals surface area contributed by atoms with Gasteiger partial charge < -0.3 is 0 Å². The SMILES string of the molecule is CCC(CCc1c(C2(F)CCCC2)cccc1C1(F)CCCC1)N(C)Cc1ccccc1. The highest BCUT2D eigenvalue weighted by atomic mass is 19.1. The lowest BCUT2D eigenvalue weighted by Crippen LogP contribution is -2.32. The second kappa shape index (κ2) is 10.0. The molecule has 0 radical (unpaired) electrons. The minimum Gasteiger partial charge on any atom is -0.299 e. The number of hydrogen-bond acceptors (Lipinski definition) is 1. The van der Waals surface area contributed by atoms with Crippen molar-refractivity contribution in [2.75, 3.05) is 7.05 Å². The number of rotatable bonds is 9. The summed E-state index contributed by atoms with van der Waals surface area (Å²) in [6, 6.07) is 16.7. The van der Waals surface area contributed by atoms with Crippen LogP contribution in [0.2, 0.25) is 0 Å². The van der Waals surface area contributed by atoms with Gasteiger partial charge in [0.25, 0.3) is 0 Å². The normalized spacial score (nSPS) is 20.7. The molecule has 0 aliphatic heterocycles. The summed E-state index contributed by atoms with van der Waals surface area (Å²) in [6.45, 7) is 3.12. The Morgan fingerprint density at radius 2 is 1.34 bits per heavy atom. The molecule has 0 heterocycles. The van der Waals surface area contributed by atoms with Gasteiger partial charge in [-0.3, -0.25) is 4.90 Å². The molecule has 1 atom stereocenters. The van der Waals surface area contributed by atoms with Crippen LogP contribution in [0, 0.1) is 0 Å². The fraction of sp³-hybridized carbons (Fsp3) is 0.586. The fourth-order valence-electron chi connectivity index (χ4n) is 6.15. The van der Waals surface area contributed by atoms with Gasteiger partial charge in [0, 0.05) is 12.6 Å². The molecule has 0 spiro atoms. The Kier molecular flexibility index (Phi) is 7.34. The monoisotopic (exact) mass is 439 g/mol. The summed E-state index contributed by atoms with van der Waals surface area (Å²) in [5, 5.41) is 0. The molecule has 174 valence electrons. The lowest BCUT2D eigenvalue weighted by atomic mass is 9.80. The molecule has 2 aliphatic carbocycles. The predicted octanol–water partition coefficient (Wildman–Crippen LogP) is 8.01. The fourth-order valence-corrected chi connectivity index (χ4v) is 6.15. The van der Waals surface area contributed by atoms with Crippen LogP contribution in [0.1, 0.15) is 93.4 Å².